The Bertz CT molecular complexity index is 298. The summed E-state index contributed by atoms with van der Waals surface area (Å²) in [6.45, 7) is 5.63. The molecule has 0 aliphatic carbocycles. The second-order valence-corrected chi connectivity index (χ2v) is 6.34. The number of carbonyl (C=O) groups is 1. The van der Waals surface area contributed by atoms with Crippen LogP contribution in [0.15, 0.2) is 0 Å². The zero-order valence-corrected chi connectivity index (χ0v) is 11.3. The lowest BCUT2D eigenvalue weighted by Gasteiger charge is -2.28. The fourth-order valence-electron chi connectivity index (χ4n) is 3.04. The van der Waals surface area contributed by atoms with Gasteiger partial charge in [0.1, 0.15) is 0 Å². The quantitative estimate of drug-likeness (QED) is 0.776. The average Bonchev–Trinajstić information content (AvgIpc) is 2.37. The smallest absolute Gasteiger partial charge is 0.224 e. The van der Waals surface area contributed by atoms with Crippen LogP contribution in [0.1, 0.15) is 39.5 Å². The summed E-state index contributed by atoms with van der Waals surface area (Å²) in [7, 11) is 2.20. The van der Waals surface area contributed by atoms with Crippen molar-refractivity contribution in [3.63, 3.8) is 0 Å². The Balaban J connectivity index is 1.97. The van der Waals surface area contributed by atoms with E-state index < -0.39 is 5.54 Å². The van der Waals surface area contributed by atoms with Crippen LogP contribution in [0.4, 0.5) is 0 Å². The molecule has 2 rings (SSSR count). The minimum Gasteiger partial charge on any atom is -0.341 e. The van der Waals surface area contributed by atoms with Crippen LogP contribution in [0.3, 0.4) is 0 Å². The van der Waals surface area contributed by atoms with E-state index >= 15 is 0 Å². The molecular weight excluding hydrogens is 214 g/mol. The number of carbonyl (C=O) groups excluding carboxylic acids is 1. The topological polar surface area (TPSA) is 49.6 Å². The monoisotopic (exact) mass is 239 g/mol. The molecule has 2 heterocycles. The van der Waals surface area contributed by atoms with E-state index in [2.05, 4.69) is 11.9 Å². The Morgan fingerprint density at radius 1 is 1.29 bits per heavy atom. The first kappa shape index (κ1) is 12.8. The summed E-state index contributed by atoms with van der Waals surface area (Å²) in [4.78, 5) is 16.7. The first-order valence-electron chi connectivity index (χ1n) is 6.65. The first-order valence-corrected chi connectivity index (χ1v) is 6.65. The largest absolute Gasteiger partial charge is 0.341 e. The van der Waals surface area contributed by atoms with Gasteiger partial charge in [0, 0.05) is 37.1 Å². The Morgan fingerprint density at radius 3 is 2.59 bits per heavy atom. The molecule has 0 aromatic rings. The summed E-state index contributed by atoms with van der Waals surface area (Å²) in [5.41, 5.74) is 5.53. The molecule has 2 atom stereocenters. The zero-order chi connectivity index (χ0) is 12.6. The average molecular weight is 239 g/mol. The number of nitrogens with zero attached hydrogens (tertiary/aromatic N) is 2. The third-order valence-corrected chi connectivity index (χ3v) is 4.11. The minimum atomic E-state index is -0.395. The maximum Gasteiger partial charge on any atom is 0.224 e. The molecule has 0 radical (unpaired) electrons. The summed E-state index contributed by atoms with van der Waals surface area (Å²) in [6.07, 6.45) is 4.10. The number of fused-ring (bicyclic) bond motifs is 2. The molecule has 2 saturated heterocycles. The van der Waals surface area contributed by atoms with Crippen LogP contribution in [-0.4, -0.2) is 53.5 Å². The maximum absolute atomic E-state index is 12.2. The molecule has 2 aliphatic heterocycles. The second kappa shape index (κ2) is 4.58. The molecule has 2 N–H and O–H groups in total. The third kappa shape index (κ3) is 2.99. The third-order valence-electron chi connectivity index (χ3n) is 4.11. The lowest BCUT2D eigenvalue weighted by atomic mass is 10.0. The van der Waals surface area contributed by atoms with E-state index in [0.29, 0.717) is 18.5 Å². The first-order chi connectivity index (χ1) is 7.87. The Morgan fingerprint density at radius 2 is 1.94 bits per heavy atom. The van der Waals surface area contributed by atoms with Gasteiger partial charge >= 0.3 is 0 Å². The molecule has 2 bridgehead atoms. The van der Waals surface area contributed by atoms with Crippen molar-refractivity contribution in [2.45, 2.75) is 57.2 Å². The molecule has 2 unspecified atom stereocenters. The second-order valence-electron chi connectivity index (χ2n) is 6.34. The number of rotatable bonds is 2. The predicted molar refractivity (Wildman–Crippen MR) is 68.7 cm³/mol. The van der Waals surface area contributed by atoms with Crippen molar-refractivity contribution in [2.75, 3.05) is 20.1 Å². The van der Waals surface area contributed by atoms with Gasteiger partial charge in [0.25, 0.3) is 0 Å². The summed E-state index contributed by atoms with van der Waals surface area (Å²) in [6, 6.07) is 1.25. The number of hydrogen-bond acceptors (Lipinski definition) is 3. The van der Waals surface area contributed by atoms with E-state index in [-0.39, 0.29) is 5.91 Å². The minimum absolute atomic E-state index is 0.221. The van der Waals surface area contributed by atoms with Gasteiger partial charge in [0.05, 0.1) is 0 Å². The fraction of sp³-hybridized carbons (Fsp3) is 0.923. The van der Waals surface area contributed by atoms with Crippen molar-refractivity contribution in [1.29, 1.82) is 0 Å². The molecule has 0 aromatic heterocycles. The number of hydrogen-bond donors (Lipinski definition) is 1. The van der Waals surface area contributed by atoms with Crippen molar-refractivity contribution >= 4 is 5.91 Å². The standard InChI is InChI=1S/C13H25N3O/c1-13(2,14)8-12(17)16-7-6-10-4-5-11(9-16)15(10)3/h10-11H,4-9,14H2,1-3H3. The van der Waals surface area contributed by atoms with Crippen LogP contribution in [0, 0.1) is 0 Å². The van der Waals surface area contributed by atoms with Gasteiger partial charge in [0.15, 0.2) is 0 Å². The molecule has 2 fully saturated rings. The highest BCUT2D eigenvalue weighted by molar-refractivity contribution is 5.77. The highest BCUT2D eigenvalue weighted by atomic mass is 16.2. The van der Waals surface area contributed by atoms with Crippen LogP contribution < -0.4 is 5.73 Å². The van der Waals surface area contributed by atoms with Crippen molar-refractivity contribution in [3.8, 4) is 0 Å². The van der Waals surface area contributed by atoms with E-state index in [0.717, 1.165) is 19.5 Å². The Labute approximate surface area is 104 Å². The van der Waals surface area contributed by atoms with Gasteiger partial charge in [-0.2, -0.15) is 0 Å². The van der Waals surface area contributed by atoms with Crippen molar-refractivity contribution in [3.05, 3.63) is 0 Å². The summed E-state index contributed by atoms with van der Waals surface area (Å²) in [5, 5.41) is 0. The molecule has 0 aromatic carbocycles. The number of likely N-dealkylation sites (N-methyl/N-ethyl adjacent to an activating group) is 1. The zero-order valence-electron chi connectivity index (χ0n) is 11.3. The summed E-state index contributed by atoms with van der Waals surface area (Å²) >= 11 is 0. The maximum atomic E-state index is 12.2. The van der Waals surface area contributed by atoms with Crippen LogP contribution in [0.2, 0.25) is 0 Å². The lowest BCUT2D eigenvalue weighted by Crippen LogP contribution is -2.44. The predicted octanol–water partition coefficient (Wildman–Crippen LogP) is 0.809. The van der Waals surface area contributed by atoms with Gasteiger partial charge < -0.3 is 10.6 Å². The molecule has 2 aliphatic rings. The van der Waals surface area contributed by atoms with E-state index in [1.807, 2.05) is 18.7 Å². The van der Waals surface area contributed by atoms with E-state index in [9.17, 15) is 4.79 Å². The number of likely N-dealkylation sites (tertiary alicyclic amines) is 1. The highest BCUT2D eigenvalue weighted by Crippen LogP contribution is 2.28. The molecule has 0 spiro atoms. The summed E-state index contributed by atoms with van der Waals surface area (Å²) in [5.74, 6) is 0.221. The molecule has 98 valence electrons. The van der Waals surface area contributed by atoms with Crippen LogP contribution >= 0.6 is 0 Å². The van der Waals surface area contributed by atoms with Gasteiger partial charge in [-0.1, -0.05) is 0 Å². The van der Waals surface area contributed by atoms with Crippen molar-refractivity contribution in [1.82, 2.24) is 9.80 Å². The molecule has 0 saturated carbocycles. The molecule has 1 amide bonds. The number of nitrogens with two attached hydrogens (primary N) is 1. The summed E-state index contributed by atoms with van der Waals surface area (Å²) < 4.78 is 0. The highest BCUT2D eigenvalue weighted by Gasteiger charge is 2.36. The number of amides is 1. The van der Waals surface area contributed by atoms with Gasteiger partial charge in [-0.05, 0) is 40.2 Å². The molecule has 4 heteroatoms. The van der Waals surface area contributed by atoms with E-state index in [1.54, 1.807) is 0 Å². The van der Waals surface area contributed by atoms with Gasteiger partial charge in [0.2, 0.25) is 5.91 Å². The molecule has 4 nitrogen and oxygen atoms in total. The lowest BCUT2D eigenvalue weighted by molar-refractivity contribution is -0.132. The molecule has 17 heavy (non-hydrogen) atoms. The molecular formula is C13H25N3O. The Hall–Kier alpha value is -0.610. The van der Waals surface area contributed by atoms with E-state index in [1.165, 1.54) is 12.8 Å². The Kier molecular flexibility index (Phi) is 3.46. The van der Waals surface area contributed by atoms with Crippen molar-refractivity contribution < 1.29 is 4.79 Å². The SMILES string of the molecule is CN1C2CCC1CN(C(=O)CC(C)(C)N)CC2. The van der Waals surface area contributed by atoms with Gasteiger partial charge in [-0.25, -0.2) is 0 Å². The van der Waals surface area contributed by atoms with Gasteiger partial charge in [-0.3, -0.25) is 9.69 Å². The van der Waals surface area contributed by atoms with Gasteiger partial charge in [-0.15, -0.1) is 0 Å². The van der Waals surface area contributed by atoms with Crippen LogP contribution in [0.5, 0.6) is 0 Å². The van der Waals surface area contributed by atoms with Crippen LogP contribution in [0.25, 0.3) is 0 Å². The normalized spacial score (nSPS) is 30.5. The van der Waals surface area contributed by atoms with Crippen LogP contribution in [-0.2, 0) is 4.79 Å². The fourth-order valence-corrected chi connectivity index (χ4v) is 3.04. The van der Waals surface area contributed by atoms with Crippen molar-refractivity contribution in [2.24, 2.45) is 5.73 Å². The van der Waals surface area contributed by atoms with E-state index in [4.69, 9.17) is 5.73 Å².